The number of nitrogens with one attached hydrogen (secondary N) is 1. The molecule has 0 radical (unpaired) electrons. The molecular formula is C21H30N2O4. The third-order valence-electron chi connectivity index (χ3n) is 5.96. The molecule has 6 heteroatoms. The van der Waals surface area contributed by atoms with Gasteiger partial charge in [-0.05, 0) is 43.2 Å². The molecule has 27 heavy (non-hydrogen) atoms. The maximum absolute atomic E-state index is 12.7. The Morgan fingerprint density at radius 3 is 3.00 bits per heavy atom. The highest BCUT2D eigenvalue weighted by molar-refractivity contribution is 5.75. The molecule has 1 aromatic carbocycles. The molecule has 4 rings (SSSR count). The van der Waals surface area contributed by atoms with Crippen LogP contribution in [0.4, 0.5) is 4.79 Å². The number of amides is 2. The van der Waals surface area contributed by atoms with Gasteiger partial charge in [-0.15, -0.1) is 0 Å². The first-order valence-electron chi connectivity index (χ1n) is 10.2. The lowest BCUT2D eigenvalue weighted by Gasteiger charge is -2.33. The summed E-state index contributed by atoms with van der Waals surface area (Å²) >= 11 is 0. The number of carbonyl (C=O) groups excluding carboxylic acids is 1. The molecule has 1 N–H and O–H groups in total. The van der Waals surface area contributed by atoms with Gasteiger partial charge >= 0.3 is 6.03 Å². The van der Waals surface area contributed by atoms with Gasteiger partial charge < -0.3 is 24.4 Å². The van der Waals surface area contributed by atoms with Crippen molar-refractivity contribution in [3.8, 4) is 0 Å². The fourth-order valence-corrected chi connectivity index (χ4v) is 4.45. The summed E-state index contributed by atoms with van der Waals surface area (Å²) in [4.78, 5) is 14.7. The number of benzene rings is 1. The van der Waals surface area contributed by atoms with Crippen LogP contribution in [-0.2, 0) is 27.4 Å². The molecule has 2 amide bonds. The Balaban J connectivity index is 1.26. The Kier molecular flexibility index (Phi) is 5.95. The summed E-state index contributed by atoms with van der Waals surface area (Å²) in [6.45, 7) is 4.88. The van der Waals surface area contributed by atoms with E-state index in [9.17, 15) is 4.79 Å². The van der Waals surface area contributed by atoms with Crippen LogP contribution in [0.1, 0.15) is 43.2 Å². The lowest BCUT2D eigenvalue weighted by Crippen LogP contribution is -2.51. The lowest BCUT2D eigenvalue weighted by molar-refractivity contribution is 0.0106. The van der Waals surface area contributed by atoms with E-state index < -0.39 is 0 Å². The molecule has 1 aromatic rings. The van der Waals surface area contributed by atoms with Gasteiger partial charge in [-0.2, -0.15) is 0 Å². The van der Waals surface area contributed by atoms with Crippen LogP contribution in [0.15, 0.2) is 24.3 Å². The van der Waals surface area contributed by atoms with Gasteiger partial charge in [-0.1, -0.05) is 24.3 Å². The minimum absolute atomic E-state index is 0.0260. The highest BCUT2D eigenvalue weighted by Gasteiger charge is 2.46. The molecule has 3 aliphatic heterocycles. The number of ether oxygens (including phenoxy) is 3. The van der Waals surface area contributed by atoms with Crippen molar-refractivity contribution in [1.29, 1.82) is 0 Å². The van der Waals surface area contributed by atoms with E-state index in [2.05, 4.69) is 17.4 Å². The van der Waals surface area contributed by atoms with Crippen LogP contribution in [0.3, 0.4) is 0 Å². The SMILES string of the molecule is O=C(NCc1cccc(COCC2CCCO2)c1)N1CCCC12CCOC2. The third-order valence-corrected chi connectivity index (χ3v) is 5.96. The monoisotopic (exact) mass is 374 g/mol. The Hall–Kier alpha value is -1.63. The molecule has 2 unspecified atom stereocenters. The van der Waals surface area contributed by atoms with Crippen molar-refractivity contribution in [2.45, 2.75) is 56.9 Å². The summed E-state index contributed by atoms with van der Waals surface area (Å²) in [5.41, 5.74) is 2.15. The number of likely N-dealkylation sites (tertiary alicyclic amines) is 1. The zero-order valence-corrected chi connectivity index (χ0v) is 16.0. The normalized spacial score (nSPS) is 27.6. The van der Waals surface area contributed by atoms with Crippen LogP contribution >= 0.6 is 0 Å². The van der Waals surface area contributed by atoms with Crippen LogP contribution in [0.25, 0.3) is 0 Å². The number of rotatable bonds is 6. The molecule has 0 aromatic heterocycles. The molecule has 3 saturated heterocycles. The fourth-order valence-electron chi connectivity index (χ4n) is 4.45. The van der Waals surface area contributed by atoms with Crippen molar-refractivity contribution in [2.75, 3.05) is 33.0 Å². The summed E-state index contributed by atoms with van der Waals surface area (Å²) in [6.07, 6.45) is 5.55. The van der Waals surface area contributed by atoms with Crippen LogP contribution in [0, 0.1) is 0 Å². The predicted octanol–water partition coefficient (Wildman–Crippen LogP) is 2.85. The Morgan fingerprint density at radius 1 is 1.26 bits per heavy atom. The van der Waals surface area contributed by atoms with E-state index in [4.69, 9.17) is 14.2 Å². The maximum atomic E-state index is 12.7. The molecule has 0 saturated carbocycles. The molecule has 148 valence electrons. The Bertz CT molecular complexity index is 633. The Morgan fingerprint density at radius 2 is 2.19 bits per heavy atom. The van der Waals surface area contributed by atoms with Gasteiger partial charge in [0, 0.05) is 26.3 Å². The molecule has 0 aliphatic carbocycles. The second kappa shape index (κ2) is 8.59. The van der Waals surface area contributed by atoms with E-state index in [0.717, 1.165) is 63.0 Å². The van der Waals surface area contributed by atoms with Gasteiger partial charge in [0.25, 0.3) is 0 Å². The van der Waals surface area contributed by atoms with E-state index >= 15 is 0 Å². The van der Waals surface area contributed by atoms with Crippen LogP contribution in [-0.4, -0.2) is 55.5 Å². The van der Waals surface area contributed by atoms with Crippen molar-refractivity contribution in [3.63, 3.8) is 0 Å². The van der Waals surface area contributed by atoms with Gasteiger partial charge in [0.05, 0.1) is 31.5 Å². The molecule has 2 atom stereocenters. The van der Waals surface area contributed by atoms with Gasteiger partial charge in [0.1, 0.15) is 0 Å². The molecule has 1 spiro atoms. The van der Waals surface area contributed by atoms with Gasteiger partial charge in [0.2, 0.25) is 0 Å². The first-order chi connectivity index (χ1) is 13.3. The highest BCUT2D eigenvalue weighted by Crippen LogP contribution is 2.36. The molecule has 3 fully saturated rings. The summed E-state index contributed by atoms with van der Waals surface area (Å²) in [6, 6.07) is 8.26. The second-order valence-electron chi connectivity index (χ2n) is 7.91. The second-order valence-corrected chi connectivity index (χ2v) is 7.91. The van der Waals surface area contributed by atoms with E-state index in [1.807, 2.05) is 17.0 Å². The van der Waals surface area contributed by atoms with Crippen LogP contribution in [0.2, 0.25) is 0 Å². The highest BCUT2D eigenvalue weighted by atomic mass is 16.5. The number of hydrogen-bond acceptors (Lipinski definition) is 4. The quantitative estimate of drug-likeness (QED) is 0.832. The molecule has 3 heterocycles. The maximum Gasteiger partial charge on any atom is 0.318 e. The molecular weight excluding hydrogens is 344 g/mol. The molecule has 3 aliphatic rings. The zero-order valence-electron chi connectivity index (χ0n) is 16.0. The van der Waals surface area contributed by atoms with E-state index in [0.29, 0.717) is 26.4 Å². The number of nitrogens with zero attached hydrogens (tertiary/aromatic N) is 1. The number of hydrogen-bond donors (Lipinski definition) is 1. The molecule has 6 nitrogen and oxygen atoms in total. The lowest BCUT2D eigenvalue weighted by atomic mass is 9.96. The van der Waals surface area contributed by atoms with Crippen molar-refractivity contribution in [3.05, 3.63) is 35.4 Å². The average molecular weight is 374 g/mol. The van der Waals surface area contributed by atoms with Crippen molar-refractivity contribution < 1.29 is 19.0 Å². The average Bonchev–Trinajstić information content (AvgIpc) is 3.44. The summed E-state index contributed by atoms with van der Waals surface area (Å²) in [5, 5.41) is 3.09. The van der Waals surface area contributed by atoms with Crippen molar-refractivity contribution in [1.82, 2.24) is 10.2 Å². The summed E-state index contributed by atoms with van der Waals surface area (Å²) in [7, 11) is 0. The Labute approximate surface area is 161 Å². The fraction of sp³-hybridized carbons (Fsp3) is 0.667. The van der Waals surface area contributed by atoms with Gasteiger partial charge in [-0.3, -0.25) is 0 Å². The van der Waals surface area contributed by atoms with Gasteiger partial charge in [0.15, 0.2) is 0 Å². The largest absolute Gasteiger partial charge is 0.379 e. The minimum atomic E-state index is -0.0674. The standard InChI is InChI=1S/C21H30N2O4/c24-20(23-9-3-7-21(23)8-11-25-16-21)22-13-17-4-1-5-18(12-17)14-26-15-19-6-2-10-27-19/h1,4-5,12,19H,2-3,6-11,13-16H2,(H,22,24). The first-order valence-corrected chi connectivity index (χ1v) is 10.2. The zero-order chi connectivity index (χ0) is 18.5. The molecule has 0 bridgehead atoms. The van der Waals surface area contributed by atoms with E-state index in [-0.39, 0.29) is 17.7 Å². The minimum Gasteiger partial charge on any atom is -0.379 e. The topological polar surface area (TPSA) is 60.0 Å². The number of carbonyl (C=O) groups is 1. The third kappa shape index (κ3) is 4.45. The summed E-state index contributed by atoms with van der Waals surface area (Å²) in [5.74, 6) is 0. The smallest absolute Gasteiger partial charge is 0.318 e. The van der Waals surface area contributed by atoms with Crippen molar-refractivity contribution in [2.24, 2.45) is 0 Å². The summed E-state index contributed by atoms with van der Waals surface area (Å²) < 4.78 is 16.9. The van der Waals surface area contributed by atoms with E-state index in [1.165, 1.54) is 0 Å². The van der Waals surface area contributed by atoms with Crippen LogP contribution < -0.4 is 5.32 Å². The predicted molar refractivity (Wildman–Crippen MR) is 101 cm³/mol. The number of urea groups is 1. The van der Waals surface area contributed by atoms with E-state index in [1.54, 1.807) is 0 Å². The van der Waals surface area contributed by atoms with Gasteiger partial charge in [-0.25, -0.2) is 4.79 Å². The first kappa shape index (κ1) is 18.7. The van der Waals surface area contributed by atoms with Crippen LogP contribution in [0.5, 0.6) is 0 Å². The van der Waals surface area contributed by atoms with Crippen molar-refractivity contribution >= 4 is 6.03 Å².